The van der Waals surface area contributed by atoms with Gasteiger partial charge in [0.05, 0.1) is 19.1 Å². The molecule has 0 spiro atoms. The SMILES string of the molecule is CCCCCCCCCCCCCC(=O)OC(CCCCCCCCCCC)CC(=O)N1CCCC1CO. The van der Waals surface area contributed by atoms with Gasteiger partial charge in [0.2, 0.25) is 5.91 Å². The van der Waals surface area contributed by atoms with Crippen LogP contribution >= 0.6 is 0 Å². The van der Waals surface area contributed by atoms with Crippen molar-refractivity contribution in [2.45, 2.75) is 187 Å². The predicted octanol–water partition coefficient (Wildman–Crippen LogP) is 8.89. The number of ether oxygens (including phenoxy) is 1. The lowest BCUT2D eigenvalue weighted by molar-refractivity contribution is -0.152. The summed E-state index contributed by atoms with van der Waals surface area (Å²) < 4.78 is 5.86. The van der Waals surface area contributed by atoms with Crippen LogP contribution in [0.5, 0.6) is 0 Å². The van der Waals surface area contributed by atoms with Gasteiger partial charge >= 0.3 is 5.97 Å². The number of rotatable bonds is 26. The summed E-state index contributed by atoms with van der Waals surface area (Å²) in [6.45, 7) is 5.24. The third-order valence-corrected chi connectivity index (χ3v) is 8.22. The molecule has 0 aromatic carbocycles. The van der Waals surface area contributed by atoms with Crippen LogP contribution in [0, 0.1) is 0 Å². The molecular weight excluding hydrogens is 474 g/mol. The van der Waals surface area contributed by atoms with Crippen molar-refractivity contribution < 1.29 is 19.4 Å². The first-order valence-electron chi connectivity index (χ1n) is 16.7. The Labute approximate surface area is 235 Å². The molecule has 0 bridgehead atoms. The van der Waals surface area contributed by atoms with Crippen LogP contribution < -0.4 is 0 Å². The topological polar surface area (TPSA) is 66.8 Å². The van der Waals surface area contributed by atoms with Crippen LogP contribution in [0.1, 0.15) is 174 Å². The number of carbonyl (C=O) groups is 2. The molecule has 1 aliphatic heterocycles. The van der Waals surface area contributed by atoms with E-state index in [0.717, 1.165) is 44.9 Å². The van der Waals surface area contributed by atoms with Crippen LogP contribution in [0.3, 0.4) is 0 Å². The highest BCUT2D eigenvalue weighted by atomic mass is 16.5. The fourth-order valence-corrected chi connectivity index (χ4v) is 5.73. The van der Waals surface area contributed by atoms with Crippen LogP contribution in [0.2, 0.25) is 0 Å². The second kappa shape index (κ2) is 24.9. The van der Waals surface area contributed by atoms with Crippen LogP contribution in [0.25, 0.3) is 0 Å². The van der Waals surface area contributed by atoms with Crippen molar-refractivity contribution in [3.63, 3.8) is 0 Å². The van der Waals surface area contributed by atoms with Gasteiger partial charge in [-0.1, -0.05) is 129 Å². The normalized spacial score (nSPS) is 16.2. The number of unbranched alkanes of at least 4 members (excludes halogenated alkanes) is 18. The lowest BCUT2D eigenvalue weighted by atomic mass is 10.0. The van der Waals surface area contributed by atoms with Crippen molar-refractivity contribution in [3.8, 4) is 0 Å². The van der Waals surface area contributed by atoms with Crippen LogP contribution in [-0.2, 0) is 14.3 Å². The fraction of sp³-hybridized carbons (Fsp3) is 0.939. The van der Waals surface area contributed by atoms with Gasteiger partial charge in [0.15, 0.2) is 0 Å². The molecule has 0 aliphatic carbocycles. The molecule has 0 aromatic heterocycles. The maximum atomic E-state index is 12.9. The minimum Gasteiger partial charge on any atom is -0.462 e. The van der Waals surface area contributed by atoms with Crippen molar-refractivity contribution in [2.75, 3.05) is 13.2 Å². The van der Waals surface area contributed by atoms with Gasteiger partial charge in [-0.15, -0.1) is 0 Å². The predicted molar refractivity (Wildman–Crippen MR) is 159 cm³/mol. The molecule has 2 atom stereocenters. The quantitative estimate of drug-likeness (QED) is 0.0883. The number of hydrogen-bond acceptors (Lipinski definition) is 4. The van der Waals surface area contributed by atoms with Gasteiger partial charge in [-0.05, 0) is 32.1 Å². The molecule has 1 amide bonds. The molecule has 5 heteroatoms. The largest absolute Gasteiger partial charge is 0.462 e. The Bertz CT molecular complexity index is 567. The highest BCUT2D eigenvalue weighted by molar-refractivity contribution is 5.78. The first kappa shape index (κ1) is 34.9. The Kier molecular flexibility index (Phi) is 22.9. The number of esters is 1. The Hall–Kier alpha value is -1.10. The number of aliphatic hydroxyl groups is 1. The van der Waals surface area contributed by atoms with Crippen molar-refractivity contribution in [3.05, 3.63) is 0 Å². The van der Waals surface area contributed by atoms with Crippen molar-refractivity contribution in [1.29, 1.82) is 0 Å². The number of aliphatic hydroxyl groups excluding tert-OH is 1. The maximum Gasteiger partial charge on any atom is 0.306 e. The smallest absolute Gasteiger partial charge is 0.306 e. The van der Waals surface area contributed by atoms with Crippen LogP contribution in [0.15, 0.2) is 0 Å². The summed E-state index contributed by atoms with van der Waals surface area (Å²) in [6.07, 6.45) is 28.1. The monoisotopic (exact) mass is 537 g/mol. The van der Waals surface area contributed by atoms with E-state index >= 15 is 0 Å². The van der Waals surface area contributed by atoms with E-state index in [4.69, 9.17) is 4.74 Å². The molecule has 0 saturated carbocycles. The highest BCUT2D eigenvalue weighted by Gasteiger charge is 2.30. The Morgan fingerprint density at radius 1 is 0.737 bits per heavy atom. The number of carbonyl (C=O) groups excluding carboxylic acids is 2. The lowest BCUT2D eigenvalue weighted by Crippen LogP contribution is -2.39. The maximum absolute atomic E-state index is 12.9. The second-order valence-corrected chi connectivity index (χ2v) is 11.8. The molecule has 1 aliphatic rings. The molecule has 1 saturated heterocycles. The third kappa shape index (κ3) is 18.2. The summed E-state index contributed by atoms with van der Waals surface area (Å²) in [4.78, 5) is 27.4. The van der Waals surface area contributed by atoms with E-state index in [1.54, 1.807) is 4.90 Å². The van der Waals surface area contributed by atoms with Gasteiger partial charge in [-0.25, -0.2) is 0 Å². The average Bonchev–Trinajstić information content (AvgIpc) is 3.40. The van der Waals surface area contributed by atoms with Crippen molar-refractivity contribution >= 4 is 11.9 Å². The van der Waals surface area contributed by atoms with Crippen LogP contribution in [-0.4, -0.2) is 47.2 Å². The number of hydrogen-bond donors (Lipinski definition) is 1. The molecule has 224 valence electrons. The molecule has 1 N–H and O–H groups in total. The second-order valence-electron chi connectivity index (χ2n) is 11.8. The van der Waals surface area contributed by atoms with E-state index in [-0.39, 0.29) is 37.0 Å². The zero-order valence-corrected chi connectivity index (χ0v) is 25.4. The van der Waals surface area contributed by atoms with Gasteiger partial charge in [0.25, 0.3) is 0 Å². The van der Waals surface area contributed by atoms with E-state index in [2.05, 4.69) is 13.8 Å². The zero-order chi connectivity index (χ0) is 27.7. The van der Waals surface area contributed by atoms with Gasteiger partial charge < -0.3 is 14.7 Å². The van der Waals surface area contributed by atoms with E-state index in [9.17, 15) is 14.7 Å². The summed E-state index contributed by atoms with van der Waals surface area (Å²) in [5.41, 5.74) is 0. The van der Waals surface area contributed by atoms with Gasteiger partial charge in [0, 0.05) is 13.0 Å². The van der Waals surface area contributed by atoms with Crippen LogP contribution in [0.4, 0.5) is 0 Å². The summed E-state index contributed by atoms with van der Waals surface area (Å²) in [5, 5.41) is 9.61. The first-order chi connectivity index (χ1) is 18.6. The number of nitrogens with zero attached hydrogens (tertiary/aromatic N) is 1. The van der Waals surface area contributed by atoms with E-state index in [1.165, 1.54) is 103 Å². The van der Waals surface area contributed by atoms with E-state index < -0.39 is 0 Å². The first-order valence-corrected chi connectivity index (χ1v) is 16.7. The molecule has 38 heavy (non-hydrogen) atoms. The summed E-state index contributed by atoms with van der Waals surface area (Å²) in [6, 6.07) is -0.0668. The van der Waals surface area contributed by atoms with E-state index in [0.29, 0.717) is 13.0 Å². The van der Waals surface area contributed by atoms with Crippen molar-refractivity contribution in [1.82, 2.24) is 4.90 Å². The minimum absolute atomic E-state index is 0.0211. The summed E-state index contributed by atoms with van der Waals surface area (Å²) in [7, 11) is 0. The molecule has 0 radical (unpaired) electrons. The number of amides is 1. The summed E-state index contributed by atoms with van der Waals surface area (Å²) in [5.74, 6) is -0.111. The van der Waals surface area contributed by atoms with Gasteiger partial charge in [-0.3, -0.25) is 9.59 Å². The molecule has 0 aromatic rings. The number of likely N-dealkylation sites (tertiary alicyclic amines) is 1. The van der Waals surface area contributed by atoms with E-state index in [1.807, 2.05) is 0 Å². The zero-order valence-electron chi connectivity index (χ0n) is 25.4. The standard InChI is InChI=1S/C33H63NO4/c1-3-5-7-9-11-13-14-16-18-20-22-26-33(37)38-31(25-21-19-17-15-12-10-8-6-4-2)28-32(36)34-27-23-24-30(34)29-35/h30-31,35H,3-29H2,1-2H3. The van der Waals surface area contributed by atoms with Gasteiger partial charge in [-0.2, -0.15) is 0 Å². The highest BCUT2D eigenvalue weighted by Crippen LogP contribution is 2.21. The molecule has 1 fully saturated rings. The molecular formula is C33H63NO4. The average molecular weight is 538 g/mol. The molecule has 1 heterocycles. The molecule has 1 rings (SSSR count). The minimum atomic E-state index is -0.327. The third-order valence-electron chi connectivity index (χ3n) is 8.22. The lowest BCUT2D eigenvalue weighted by Gasteiger charge is -2.26. The Balaban J connectivity index is 2.28. The van der Waals surface area contributed by atoms with Crippen molar-refractivity contribution in [2.24, 2.45) is 0 Å². The molecule has 2 unspecified atom stereocenters. The van der Waals surface area contributed by atoms with Gasteiger partial charge in [0.1, 0.15) is 6.10 Å². The fourth-order valence-electron chi connectivity index (χ4n) is 5.73. The Morgan fingerprint density at radius 2 is 1.21 bits per heavy atom. The Morgan fingerprint density at radius 3 is 1.71 bits per heavy atom. The molecule has 5 nitrogen and oxygen atoms in total. The summed E-state index contributed by atoms with van der Waals surface area (Å²) >= 11 is 0.